The van der Waals surface area contributed by atoms with E-state index in [0.29, 0.717) is 0 Å². The lowest BCUT2D eigenvalue weighted by Gasteiger charge is -2.28. The lowest BCUT2D eigenvalue weighted by atomic mass is 9.97. The van der Waals surface area contributed by atoms with Gasteiger partial charge in [0.25, 0.3) is 0 Å². The molecule has 0 aromatic heterocycles. The molecular formula is C14H20N2O2. The van der Waals surface area contributed by atoms with Crippen LogP contribution >= 0.6 is 0 Å². The number of ether oxygens (including phenoxy) is 1. The van der Waals surface area contributed by atoms with E-state index < -0.39 is 0 Å². The van der Waals surface area contributed by atoms with Crippen molar-refractivity contribution in [1.82, 2.24) is 4.90 Å². The van der Waals surface area contributed by atoms with Gasteiger partial charge in [-0.05, 0) is 50.7 Å². The maximum Gasteiger partial charge on any atom is 0.228 e. The van der Waals surface area contributed by atoms with E-state index in [4.69, 9.17) is 4.74 Å². The fourth-order valence-corrected chi connectivity index (χ4v) is 2.30. The Morgan fingerprint density at radius 2 is 2.11 bits per heavy atom. The number of methoxy groups -OCH3 is 1. The average molecular weight is 248 g/mol. The van der Waals surface area contributed by atoms with Gasteiger partial charge in [0.1, 0.15) is 5.75 Å². The molecule has 1 amide bonds. The minimum absolute atomic E-state index is 0.103. The van der Waals surface area contributed by atoms with Crippen molar-refractivity contribution in [3.63, 3.8) is 0 Å². The van der Waals surface area contributed by atoms with Crippen molar-refractivity contribution in [2.24, 2.45) is 5.92 Å². The van der Waals surface area contributed by atoms with E-state index in [1.165, 1.54) is 0 Å². The van der Waals surface area contributed by atoms with Crippen LogP contribution in [0.1, 0.15) is 12.8 Å². The first-order chi connectivity index (χ1) is 8.69. The first-order valence-electron chi connectivity index (χ1n) is 6.32. The van der Waals surface area contributed by atoms with Crippen molar-refractivity contribution >= 4 is 11.6 Å². The van der Waals surface area contributed by atoms with Crippen LogP contribution in [0.25, 0.3) is 0 Å². The third kappa shape index (κ3) is 3.23. The van der Waals surface area contributed by atoms with Crippen LogP contribution in [0.15, 0.2) is 24.3 Å². The summed E-state index contributed by atoms with van der Waals surface area (Å²) in [6.07, 6.45) is 2.07. The fourth-order valence-electron chi connectivity index (χ4n) is 2.30. The highest BCUT2D eigenvalue weighted by Crippen LogP contribution is 2.19. The van der Waals surface area contributed by atoms with Gasteiger partial charge < -0.3 is 15.0 Å². The number of nitrogens with one attached hydrogen (secondary N) is 1. The molecule has 1 aliphatic rings. The molecule has 1 atom stereocenters. The summed E-state index contributed by atoms with van der Waals surface area (Å²) in [6.45, 7) is 1.94. The van der Waals surface area contributed by atoms with Crippen LogP contribution in [-0.2, 0) is 4.79 Å². The smallest absolute Gasteiger partial charge is 0.228 e. The molecule has 2 rings (SSSR count). The second-order valence-corrected chi connectivity index (χ2v) is 4.82. The first kappa shape index (κ1) is 12.9. The van der Waals surface area contributed by atoms with Crippen LogP contribution in [0.5, 0.6) is 5.75 Å². The Balaban J connectivity index is 1.93. The summed E-state index contributed by atoms with van der Waals surface area (Å²) in [6, 6.07) is 7.43. The molecule has 0 radical (unpaired) electrons. The summed E-state index contributed by atoms with van der Waals surface area (Å²) < 4.78 is 5.09. The number of hydrogen-bond acceptors (Lipinski definition) is 3. The molecule has 4 heteroatoms. The number of nitrogens with zero attached hydrogens (tertiary/aromatic N) is 1. The zero-order chi connectivity index (χ0) is 13.0. The minimum Gasteiger partial charge on any atom is -0.497 e. The number of rotatable bonds is 3. The lowest BCUT2D eigenvalue weighted by molar-refractivity contribution is -0.121. The molecule has 1 aromatic rings. The molecule has 0 aliphatic carbocycles. The number of benzene rings is 1. The summed E-state index contributed by atoms with van der Waals surface area (Å²) in [4.78, 5) is 14.3. The second kappa shape index (κ2) is 5.87. The van der Waals surface area contributed by atoms with E-state index in [1.807, 2.05) is 24.3 Å². The summed E-state index contributed by atoms with van der Waals surface area (Å²) in [5.41, 5.74) is 0.828. The van der Waals surface area contributed by atoms with Crippen molar-refractivity contribution in [3.8, 4) is 5.75 Å². The van der Waals surface area contributed by atoms with Crippen LogP contribution < -0.4 is 10.1 Å². The Kier molecular flexibility index (Phi) is 4.20. The molecule has 4 nitrogen and oxygen atoms in total. The third-order valence-corrected chi connectivity index (χ3v) is 3.35. The molecule has 1 aliphatic heterocycles. The molecule has 0 spiro atoms. The van der Waals surface area contributed by atoms with Gasteiger partial charge in [-0.2, -0.15) is 0 Å². The third-order valence-electron chi connectivity index (χ3n) is 3.35. The number of hydrogen-bond donors (Lipinski definition) is 1. The maximum atomic E-state index is 12.1. The summed E-state index contributed by atoms with van der Waals surface area (Å²) >= 11 is 0. The molecular weight excluding hydrogens is 228 g/mol. The molecule has 1 heterocycles. The van der Waals surface area contributed by atoms with Gasteiger partial charge in [0.15, 0.2) is 0 Å². The fraction of sp³-hybridized carbons (Fsp3) is 0.500. The lowest BCUT2D eigenvalue weighted by Crippen LogP contribution is -2.38. The summed E-state index contributed by atoms with van der Waals surface area (Å²) in [5.74, 6) is 1.02. The van der Waals surface area contributed by atoms with Crippen LogP contribution in [-0.4, -0.2) is 38.1 Å². The quantitative estimate of drug-likeness (QED) is 0.889. The van der Waals surface area contributed by atoms with E-state index in [2.05, 4.69) is 17.3 Å². The zero-order valence-corrected chi connectivity index (χ0v) is 11.0. The molecule has 1 N–H and O–H groups in total. The molecule has 1 fully saturated rings. The van der Waals surface area contributed by atoms with Crippen LogP contribution in [0, 0.1) is 5.92 Å². The van der Waals surface area contributed by atoms with E-state index in [0.717, 1.165) is 37.4 Å². The highest BCUT2D eigenvalue weighted by molar-refractivity contribution is 5.92. The predicted octanol–water partition coefficient (Wildman–Crippen LogP) is 1.98. The normalized spacial score (nSPS) is 20.4. The Morgan fingerprint density at radius 1 is 1.39 bits per heavy atom. The van der Waals surface area contributed by atoms with Crippen LogP contribution in [0.4, 0.5) is 5.69 Å². The van der Waals surface area contributed by atoms with Crippen molar-refractivity contribution in [2.75, 3.05) is 32.6 Å². The van der Waals surface area contributed by atoms with E-state index in [1.54, 1.807) is 7.11 Å². The maximum absolute atomic E-state index is 12.1. The van der Waals surface area contributed by atoms with Crippen molar-refractivity contribution in [3.05, 3.63) is 24.3 Å². The highest BCUT2D eigenvalue weighted by atomic mass is 16.5. The molecule has 1 saturated heterocycles. The molecule has 0 bridgehead atoms. The van der Waals surface area contributed by atoms with Gasteiger partial charge in [-0.15, -0.1) is 0 Å². The van der Waals surface area contributed by atoms with Gasteiger partial charge in [0.05, 0.1) is 13.0 Å². The Morgan fingerprint density at radius 3 is 2.72 bits per heavy atom. The molecule has 98 valence electrons. The van der Waals surface area contributed by atoms with Gasteiger partial charge in [-0.3, -0.25) is 4.79 Å². The molecule has 1 aromatic carbocycles. The standard InChI is InChI=1S/C14H20N2O2/c1-16-9-3-4-11(10-16)14(17)15-12-5-7-13(18-2)8-6-12/h5-8,11H,3-4,9-10H2,1-2H3,(H,15,17)/t11-/m1/s1. The average Bonchev–Trinajstić information content (AvgIpc) is 2.39. The van der Waals surface area contributed by atoms with Crippen molar-refractivity contribution < 1.29 is 9.53 Å². The summed E-state index contributed by atoms with van der Waals surface area (Å²) in [5, 5.41) is 2.96. The van der Waals surface area contributed by atoms with Crippen molar-refractivity contribution in [2.45, 2.75) is 12.8 Å². The first-order valence-corrected chi connectivity index (χ1v) is 6.32. The summed E-state index contributed by atoms with van der Waals surface area (Å²) in [7, 11) is 3.69. The zero-order valence-electron chi connectivity index (χ0n) is 11.0. The van der Waals surface area contributed by atoms with Gasteiger partial charge >= 0.3 is 0 Å². The van der Waals surface area contributed by atoms with Crippen molar-refractivity contribution in [1.29, 1.82) is 0 Å². The van der Waals surface area contributed by atoms with E-state index >= 15 is 0 Å². The highest BCUT2D eigenvalue weighted by Gasteiger charge is 2.23. The van der Waals surface area contributed by atoms with Crippen LogP contribution in [0.2, 0.25) is 0 Å². The topological polar surface area (TPSA) is 41.6 Å². The predicted molar refractivity (Wildman–Crippen MR) is 71.8 cm³/mol. The molecule has 0 unspecified atom stereocenters. The van der Waals surface area contributed by atoms with Gasteiger partial charge in [-0.25, -0.2) is 0 Å². The minimum atomic E-state index is 0.103. The van der Waals surface area contributed by atoms with E-state index in [-0.39, 0.29) is 11.8 Å². The second-order valence-electron chi connectivity index (χ2n) is 4.82. The molecule has 0 saturated carbocycles. The Bertz CT molecular complexity index is 403. The van der Waals surface area contributed by atoms with Gasteiger partial charge in [-0.1, -0.05) is 0 Å². The van der Waals surface area contributed by atoms with Crippen LogP contribution in [0.3, 0.4) is 0 Å². The van der Waals surface area contributed by atoms with Gasteiger partial charge in [0.2, 0.25) is 5.91 Å². The number of likely N-dealkylation sites (tertiary alicyclic amines) is 1. The number of carbonyl (C=O) groups excluding carboxylic acids is 1. The number of piperidine rings is 1. The number of carbonyl (C=O) groups is 1. The number of anilines is 1. The molecule has 18 heavy (non-hydrogen) atoms. The van der Waals surface area contributed by atoms with Gasteiger partial charge in [0, 0.05) is 12.2 Å². The Labute approximate surface area is 108 Å². The largest absolute Gasteiger partial charge is 0.497 e. The number of amides is 1. The Hall–Kier alpha value is -1.55. The SMILES string of the molecule is COc1ccc(NC(=O)[C@@H]2CCCN(C)C2)cc1. The van der Waals surface area contributed by atoms with E-state index in [9.17, 15) is 4.79 Å². The monoisotopic (exact) mass is 248 g/mol.